The van der Waals surface area contributed by atoms with Gasteiger partial charge in [0, 0.05) is 22.7 Å². The molecule has 0 saturated carbocycles. The minimum atomic E-state index is -0.0833. The Morgan fingerprint density at radius 2 is 1.70 bits per heavy atom. The Bertz CT molecular complexity index is 1690. The predicted octanol–water partition coefficient (Wildman–Crippen LogP) is 8.38. The Morgan fingerprint density at radius 1 is 0.950 bits per heavy atom. The number of aromatic nitrogens is 3. The lowest BCUT2D eigenvalue weighted by Crippen LogP contribution is -2.19. The molecule has 2 aromatic heterocycles. The Balaban J connectivity index is 1.36. The molecule has 0 saturated heterocycles. The smallest absolute Gasteiger partial charge is 0.208 e. The van der Waals surface area contributed by atoms with E-state index >= 15 is 0 Å². The third-order valence-corrected chi connectivity index (χ3v) is 8.06. The molecule has 0 aliphatic carbocycles. The largest absolute Gasteiger partial charge is 0.497 e. The number of hydrogen-bond acceptors (Lipinski definition) is 8. The minimum Gasteiger partial charge on any atom is -0.497 e. The molecule has 1 atom stereocenters. The average molecular weight is 568 g/mol. The monoisotopic (exact) mass is 567 g/mol. The van der Waals surface area contributed by atoms with Crippen molar-refractivity contribution in [1.82, 2.24) is 14.8 Å². The van der Waals surface area contributed by atoms with Crippen LogP contribution in [0.3, 0.4) is 0 Å². The maximum Gasteiger partial charge on any atom is 0.208 e. The van der Waals surface area contributed by atoms with Gasteiger partial charge in [0.2, 0.25) is 5.13 Å². The summed E-state index contributed by atoms with van der Waals surface area (Å²) < 4.78 is 7.20. The molecule has 0 fully saturated rings. The summed E-state index contributed by atoms with van der Waals surface area (Å²) in [7, 11) is 1.64. The lowest BCUT2D eigenvalue weighted by Gasteiger charge is -2.20. The van der Waals surface area contributed by atoms with Gasteiger partial charge in [-0.15, -0.1) is 10.2 Å². The van der Waals surface area contributed by atoms with Gasteiger partial charge in [-0.05, 0) is 67.9 Å². The van der Waals surface area contributed by atoms with E-state index in [0.717, 1.165) is 55.5 Å². The van der Waals surface area contributed by atoms with E-state index in [9.17, 15) is 0 Å². The van der Waals surface area contributed by atoms with Crippen LogP contribution in [-0.4, -0.2) is 27.6 Å². The summed E-state index contributed by atoms with van der Waals surface area (Å²) in [5, 5.41) is 22.9. The number of hydrogen-bond donors (Lipinski definition) is 0. The second kappa shape index (κ2) is 11.0. The van der Waals surface area contributed by atoms with Gasteiger partial charge in [-0.2, -0.15) is 10.2 Å². The number of methoxy groups -OCH3 is 1. The van der Waals surface area contributed by atoms with Crippen molar-refractivity contribution in [3.63, 3.8) is 0 Å². The van der Waals surface area contributed by atoms with Crippen LogP contribution in [0.15, 0.2) is 100 Å². The molecular weight excluding hydrogens is 542 g/mol. The molecule has 1 aliphatic rings. The zero-order chi connectivity index (χ0) is 27.6. The van der Waals surface area contributed by atoms with Crippen molar-refractivity contribution < 1.29 is 4.74 Å². The lowest BCUT2D eigenvalue weighted by atomic mass is 9.99. The van der Waals surface area contributed by atoms with Crippen molar-refractivity contribution in [3.8, 4) is 11.4 Å². The Labute approximate surface area is 241 Å². The van der Waals surface area contributed by atoms with Gasteiger partial charge in [0.05, 0.1) is 42.1 Å². The van der Waals surface area contributed by atoms with Gasteiger partial charge in [0.1, 0.15) is 5.75 Å². The third-order valence-electron chi connectivity index (χ3n) is 6.78. The molecule has 1 unspecified atom stereocenters. The van der Waals surface area contributed by atoms with E-state index in [1.165, 1.54) is 11.3 Å². The predicted molar refractivity (Wildman–Crippen MR) is 160 cm³/mol. The zero-order valence-electron chi connectivity index (χ0n) is 22.2. The summed E-state index contributed by atoms with van der Waals surface area (Å²) in [6.07, 6.45) is 2.63. The lowest BCUT2D eigenvalue weighted by molar-refractivity contribution is 0.415. The Kier molecular flexibility index (Phi) is 7.15. The number of azo groups is 1. The van der Waals surface area contributed by atoms with Crippen LogP contribution in [0, 0.1) is 13.8 Å². The van der Waals surface area contributed by atoms with Crippen molar-refractivity contribution in [1.29, 1.82) is 0 Å². The highest BCUT2D eigenvalue weighted by molar-refractivity contribution is 7.19. The fourth-order valence-electron chi connectivity index (χ4n) is 4.64. The quantitative estimate of drug-likeness (QED) is 0.185. The molecule has 3 heterocycles. The summed E-state index contributed by atoms with van der Waals surface area (Å²) >= 11 is 7.63. The fourth-order valence-corrected chi connectivity index (χ4v) is 5.66. The average Bonchev–Trinajstić information content (AvgIpc) is 3.69. The highest BCUT2D eigenvalue weighted by Gasteiger charge is 2.34. The van der Waals surface area contributed by atoms with E-state index in [1.807, 2.05) is 89.5 Å². The van der Waals surface area contributed by atoms with E-state index in [1.54, 1.807) is 7.11 Å². The molecule has 10 heteroatoms. The van der Waals surface area contributed by atoms with Gasteiger partial charge >= 0.3 is 0 Å². The van der Waals surface area contributed by atoms with Gasteiger partial charge in [-0.25, -0.2) is 14.7 Å². The molecular formula is C30H26ClN7OS. The van der Waals surface area contributed by atoms with Crippen LogP contribution in [-0.2, 0) is 0 Å². The summed E-state index contributed by atoms with van der Waals surface area (Å²) in [5.74, 6) is 0.774. The number of thiazole rings is 1. The van der Waals surface area contributed by atoms with E-state index in [-0.39, 0.29) is 6.04 Å². The highest BCUT2D eigenvalue weighted by atomic mass is 35.5. The molecule has 0 bridgehead atoms. The molecule has 40 heavy (non-hydrogen) atoms. The normalized spacial score (nSPS) is 15.2. The summed E-state index contributed by atoms with van der Waals surface area (Å²) in [4.78, 5) is 4.86. The number of benzene rings is 3. The standard InChI is InChI=1S/C30H26ClN7OS/c1-19-29(35-34-23-13-15-25(39-3)16-14-23)40-30(33-19)38-28(17-27(36-38)21-9-11-22(31)12-10-21)26-18-32-37(20(26)2)24-7-5-4-6-8-24/h4-16,18,28H,17H2,1-3H3. The van der Waals surface area contributed by atoms with E-state index < -0.39 is 0 Å². The molecule has 5 aromatic rings. The van der Waals surface area contributed by atoms with Gasteiger partial charge in [0.15, 0.2) is 5.00 Å². The number of hydrazone groups is 1. The van der Waals surface area contributed by atoms with E-state index in [0.29, 0.717) is 11.4 Å². The SMILES string of the molecule is COc1ccc(N=Nc2sc(N3N=C(c4ccc(Cl)cc4)CC3c3cnn(-c4ccccc4)c3C)nc2C)cc1. The summed E-state index contributed by atoms with van der Waals surface area (Å²) in [5.41, 5.74) is 6.68. The van der Waals surface area contributed by atoms with Crippen molar-refractivity contribution in [2.75, 3.05) is 12.1 Å². The molecule has 6 rings (SSSR count). The van der Waals surface area contributed by atoms with Crippen LogP contribution in [0.1, 0.15) is 35.0 Å². The molecule has 8 nitrogen and oxygen atoms in total. The zero-order valence-corrected chi connectivity index (χ0v) is 23.8. The minimum absolute atomic E-state index is 0.0833. The first-order valence-corrected chi connectivity index (χ1v) is 14.0. The number of aryl methyl sites for hydroxylation is 1. The second-order valence-electron chi connectivity index (χ2n) is 9.34. The number of para-hydroxylation sites is 1. The first-order valence-electron chi connectivity index (χ1n) is 12.8. The number of anilines is 1. The van der Waals surface area contributed by atoms with Crippen LogP contribution in [0.5, 0.6) is 5.75 Å². The highest BCUT2D eigenvalue weighted by Crippen LogP contribution is 2.43. The Morgan fingerprint density at radius 3 is 2.42 bits per heavy atom. The topological polar surface area (TPSA) is 80.3 Å². The molecule has 0 N–H and O–H groups in total. The van der Waals surface area contributed by atoms with Crippen LogP contribution in [0.4, 0.5) is 15.8 Å². The summed E-state index contributed by atoms with van der Waals surface area (Å²) in [6, 6.07) is 25.3. The van der Waals surface area contributed by atoms with Gasteiger partial charge in [-0.3, -0.25) is 0 Å². The number of rotatable bonds is 7. The molecule has 0 radical (unpaired) electrons. The van der Waals surface area contributed by atoms with Crippen molar-refractivity contribution in [3.05, 3.63) is 113 Å². The number of ether oxygens (including phenoxy) is 1. The van der Waals surface area contributed by atoms with Gasteiger partial charge in [0.25, 0.3) is 0 Å². The first kappa shape index (κ1) is 25.9. The van der Waals surface area contributed by atoms with Gasteiger partial charge in [-0.1, -0.05) is 53.3 Å². The fraction of sp³-hybridized carbons (Fsp3) is 0.167. The third kappa shape index (κ3) is 5.13. The maximum absolute atomic E-state index is 6.16. The van der Waals surface area contributed by atoms with Crippen molar-refractivity contribution >= 4 is 44.5 Å². The Hall–Kier alpha value is -4.34. The second-order valence-corrected chi connectivity index (χ2v) is 10.7. The first-order chi connectivity index (χ1) is 19.5. The summed E-state index contributed by atoms with van der Waals surface area (Å²) in [6.45, 7) is 4.03. The molecule has 0 amide bonds. The van der Waals surface area contributed by atoms with Crippen LogP contribution in [0.2, 0.25) is 5.02 Å². The number of halogens is 1. The van der Waals surface area contributed by atoms with E-state index in [4.69, 9.17) is 31.5 Å². The van der Waals surface area contributed by atoms with Gasteiger partial charge < -0.3 is 4.74 Å². The van der Waals surface area contributed by atoms with Crippen molar-refractivity contribution in [2.24, 2.45) is 15.3 Å². The van der Waals surface area contributed by atoms with Crippen LogP contribution < -0.4 is 9.75 Å². The van der Waals surface area contributed by atoms with Crippen LogP contribution in [0.25, 0.3) is 5.69 Å². The maximum atomic E-state index is 6.16. The molecule has 3 aromatic carbocycles. The van der Waals surface area contributed by atoms with Crippen molar-refractivity contribution in [2.45, 2.75) is 26.3 Å². The molecule has 0 spiro atoms. The van der Waals surface area contributed by atoms with Crippen LogP contribution >= 0.6 is 22.9 Å². The van der Waals surface area contributed by atoms with E-state index in [2.05, 4.69) is 29.3 Å². The molecule has 1 aliphatic heterocycles. The number of nitrogens with zero attached hydrogens (tertiary/aromatic N) is 7. The molecule has 200 valence electrons.